The van der Waals surface area contributed by atoms with Crippen LogP contribution in [0.2, 0.25) is 0 Å². The van der Waals surface area contributed by atoms with Crippen molar-refractivity contribution in [3.8, 4) is 17.0 Å². The highest BCUT2D eigenvalue weighted by atomic mass is 32.2. The number of alkyl halides is 3. The van der Waals surface area contributed by atoms with Gasteiger partial charge in [0.15, 0.2) is 0 Å². The number of H-pyrrole nitrogens is 1. The number of pyridine rings is 1. The Hall–Kier alpha value is -3.25. The maximum atomic E-state index is 12.4. The highest BCUT2D eigenvalue weighted by Gasteiger charge is 2.31. The van der Waals surface area contributed by atoms with Gasteiger partial charge in [-0.05, 0) is 35.9 Å². The van der Waals surface area contributed by atoms with Crippen molar-refractivity contribution in [1.82, 2.24) is 19.9 Å². The molecule has 0 aliphatic carbocycles. The number of sulfone groups is 1. The quantitative estimate of drug-likeness (QED) is 0.560. The van der Waals surface area contributed by atoms with Crippen LogP contribution >= 0.6 is 0 Å². The van der Waals surface area contributed by atoms with Crippen LogP contribution in [-0.4, -0.2) is 47.4 Å². The fourth-order valence-corrected chi connectivity index (χ4v) is 4.10. The largest absolute Gasteiger partial charge is 0.573 e. The number of hydrogen-bond acceptors (Lipinski definition) is 7. The smallest absolute Gasteiger partial charge is 0.406 e. The van der Waals surface area contributed by atoms with Crippen LogP contribution in [0.1, 0.15) is 16.8 Å². The van der Waals surface area contributed by atoms with Crippen LogP contribution in [0.4, 0.5) is 13.2 Å². The zero-order valence-electron chi connectivity index (χ0n) is 17.4. The third kappa shape index (κ3) is 5.57. The molecular formula is C21H19F3N4O4S. The summed E-state index contributed by atoms with van der Waals surface area (Å²) >= 11 is 0. The second kappa shape index (κ2) is 8.60. The van der Waals surface area contributed by atoms with Gasteiger partial charge in [0.2, 0.25) is 15.0 Å². The third-order valence-electron chi connectivity index (χ3n) is 5.09. The predicted octanol–water partition coefficient (Wildman–Crippen LogP) is 2.69. The van der Waals surface area contributed by atoms with E-state index in [0.717, 1.165) is 11.8 Å². The first-order chi connectivity index (χ1) is 15.5. The number of nitrogens with one attached hydrogen (secondary N) is 1. The van der Waals surface area contributed by atoms with Gasteiger partial charge in [0.25, 0.3) is 5.56 Å². The number of rotatable bonds is 5. The minimum Gasteiger partial charge on any atom is -0.406 e. The van der Waals surface area contributed by atoms with E-state index < -0.39 is 21.8 Å². The molecule has 0 unspecified atom stereocenters. The fraction of sp³-hybridized carbons (Fsp3) is 0.286. The molecular weight excluding hydrogens is 461 g/mol. The van der Waals surface area contributed by atoms with E-state index in [9.17, 15) is 26.4 Å². The molecule has 0 amide bonds. The van der Waals surface area contributed by atoms with Gasteiger partial charge in [0, 0.05) is 44.1 Å². The average Bonchev–Trinajstić information content (AvgIpc) is 2.73. The van der Waals surface area contributed by atoms with Gasteiger partial charge >= 0.3 is 6.36 Å². The molecule has 0 bridgehead atoms. The van der Waals surface area contributed by atoms with Crippen LogP contribution in [0.25, 0.3) is 11.3 Å². The van der Waals surface area contributed by atoms with E-state index in [4.69, 9.17) is 0 Å². The molecule has 174 valence electrons. The molecule has 2 aromatic heterocycles. The standard InChI is InChI=1S/C21H19F3N4O4S/c1-33(30,31)20-26-18-8-9-28(12-16(18)19(29)27-20)11-13-2-7-17(25-10-13)14-3-5-15(6-4-14)32-21(22,23)24/h2-7,10H,8-9,11-12H2,1H3,(H,26,27,29). The fourth-order valence-electron chi connectivity index (χ4n) is 3.54. The van der Waals surface area contributed by atoms with Crippen LogP contribution in [0, 0.1) is 0 Å². The van der Waals surface area contributed by atoms with Gasteiger partial charge in [-0.2, -0.15) is 0 Å². The number of halogens is 3. The van der Waals surface area contributed by atoms with E-state index in [1.807, 2.05) is 11.0 Å². The predicted molar refractivity (Wildman–Crippen MR) is 112 cm³/mol. The number of benzene rings is 1. The minimum atomic E-state index is -4.74. The van der Waals surface area contributed by atoms with E-state index in [1.165, 1.54) is 24.3 Å². The van der Waals surface area contributed by atoms with Crippen LogP contribution in [-0.2, 0) is 29.3 Å². The molecule has 0 fully saturated rings. The molecule has 1 N–H and O–H groups in total. The summed E-state index contributed by atoms with van der Waals surface area (Å²) in [6.45, 7) is 1.43. The van der Waals surface area contributed by atoms with Crippen molar-refractivity contribution in [3.05, 3.63) is 69.8 Å². The molecule has 0 saturated heterocycles. The summed E-state index contributed by atoms with van der Waals surface area (Å²) in [7, 11) is -3.60. The zero-order valence-corrected chi connectivity index (χ0v) is 18.2. The molecule has 3 aromatic rings. The molecule has 1 aliphatic heterocycles. The summed E-state index contributed by atoms with van der Waals surface area (Å²) in [6, 6.07) is 9.06. The van der Waals surface area contributed by atoms with Crippen LogP contribution < -0.4 is 10.3 Å². The summed E-state index contributed by atoms with van der Waals surface area (Å²) in [5.74, 6) is -0.304. The summed E-state index contributed by atoms with van der Waals surface area (Å²) in [5.41, 5.74) is 2.59. The number of aromatic nitrogens is 3. The molecule has 1 aromatic carbocycles. The van der Waals surface area contributed by atoms with Gasteiger partial charge in [0.05, 0.1) is 17.0 Å². The van der Waals surface area contributed by atoms with Gasteiger partial charge < -0.3 is 4.74 Å². The summed E-state index contributed by atoms with van der Waals surface area (Å²) in [4.78, 5) is 25.2. The maximum absolute atomic E-state index is 12.4. The van der Waals surface area contributed by atoms with Crippen LogP contribution in [0.3, 0.4) is 0 Å². The Labute approximate surface area is 187 Å². The van der Waals surface area contributed by atoms with Gasteiger partial charge in [-0.3, -0.25) is 19.7 Å². The molecule has 8 nitrogen and oxygen atoms in total. The lowest BCUT2D eigenvalue weighted by molar-refractivity contribution is -0.274. The minimum absolute atomic E-state index is 0.304. The van der Waals surface area contributed by atoms with Crippen molar-refractivity contribution in [2.24, 2.45) is 0 Å². The average molecular weight is 480 g/mol. The van der Waals surface area contributed by atoms with Crippen molar-refractivity contribution in [1.29, 1.82) is 0 Å². The Morgan fingerprint density at radius 2 is 1.88 bits per heavy atom. The molecule has 0 spiro atoms. The Morgan fingerprint density at radius 1 is 1.15 bits per heavy atom. The van der Waals surface area contributed by atoms with Gasteiger partial charge in [-0.25, -0.2) is 13.4 Å². The van der Waals surface area contributed by atoms with Gasteiger partial charge in [-0.15, -0.1) is 13.2 Å². The molecule has 12 heteroatoms. The van der Waals surface area contributed by atoms with Crippen LogP contribution in [0.15, 0.2) is 52.5 Å². The number of fused-ring (bicyclic) bond motifs is 1. The second-order valence-electron chi connectivity index (χ2n) is 7.65. The third-order valence-corrected chi connectivity index (χ3v) is 5.99. The van der Waals surface area contributed by atoms with E-state index in [0.29, 0.717) is 48.6 Å². The lowest BCUT2D eigenvalue weighted by Gasteiger charge is -2.27. The SMILES string of the molecule is CS(=O)(=O)c1nc2c(c(=O)[nH]1)CN(Cc1ccc(-c3ccc(OC(F)(F)F)cc3)nc1)CC2. The summed E-state index contributed by atoms with van der Waals surface area (Å²) in [5, 5.41) is -0.322. The summed E-state index contributed by atoms with van der Waals surface area (Å²) < 4.78 is 64.1. The number of hydrogen-bond donors (Lipinski definition) is 1. The number of aromatic amines is 1. The van der Waals surface area contributed by atoms with Gasteiger partial charge in [0.1, 0.15) is 5.75 Å². The number of ether oxygens (including phenoxy) is 1. The van der Waals surface area contributed by atoms with Crippen molar-refractivity contribution >= 4 is 9.84 Å². The lowest BCUT2D eigenvalue weighted by Crippen LogP contribution is -2.36. The topological polar surface area (TPSA) is 105 Å². The lowest BCUT2D eigenvalue weighted by atomic mass is 10.1. The van der Waals surface area contributed by atoms with Crippen molar-refractivity contribution < 1.29 is 26.3 Å². The normalized spacial score (nSPS) is 14.7. The Kier molecular flexibility index (Phi) is 5.97. The van der Waals surface area contributed by atoms with E-state index in [2.05, 4.69) is 19.7 Å². The van der Waals surface area contributed by atoms with E-state index in [-0.39, 0.29) is 10.9 Å². The van der Waals surface area contributed by atoms with Crippen molar-refractivity contribution in [2.45, 2.75) is 31.0 Å². The van der Waals surface area contributed by atoms with Crippen molar-refractivity contribution in [3.63, 3.8) is 0 Å². The maximum Gasteiger partial charge on any atom is 0.573 e. The highest BCUT2D eigenvalue weighted by Crippen LogP contribution is 2.26. The zero-order chi connectivity index (χ0) is 23.8. The Bertz CT molecular complexity index is 1320. The van der Waals surface area contributed by atoms with E-state index >= 15 is 0 Å². The highest BCUT2D eigenvalue weighted by molar-refractivity contribution is 7.90. The second-order valence-corrected chi connectivity index (χ2v) is 9.58. The molecule has 0 saturated carbocycles. The summed E-state index contributed by atoms with van der Waals surface area (Å²) in [6.07, 6.45) is -1.64. The molecule has 0 radical (unpaired) electrons. The van der Waals surface area contributed by atoms with Crippen LogP contribution in [0.5, 0.6) is 5.75 Å². The van der Waals surface area contributed by atoms with Gasteiger partial charge in [-0.1, -0.05) is 6.07 Å². The van der Waals surface area contributed by atoms with E-state index in [1.54, 1.807) is 12.3 Å². The molecule has 4 rings (SSSR count). The monoisotopic (exact) mass is 480 g/mol. The molecule has 0 atom stereocenters. The first-order valence-corrected chi connectivity index (χ1v) is 11.7. The Balaban J connectivity index is 1.44. The first-order valence-electron chi connectivity index (χ1n) is 9.83. The molecule has 33 heavy (non-hydrogen) atoms. The van der Waals surface area contributed by atoms with Crippen molar-refractivity contribution in [2.75, 3.05) is 12.8 Å². The number of nitrogens with zero attached hydrogens (tertiary/aromatic N) is 3. The Morgan fingerprint density at radius 3 is 2.48 bits per heavy atom. The first kappa shape index (κ1) is 22.9. The molecule has 3 heterocycles. The molecule has 1 aliphatic rings.